The van der Waals surface area contributed by atoms with Crippen molar-refractivity contribution in [2.45, 2.75) is 18.9 Å². The van der Waals surface area contributed by atoms with E-state index in [1.165, 1.54) is 12.0 Å². The monoisotopic (exact) mass is 287 g/mol. The molecule has 0 aromatic heterocycles. The number of rotatable bonds is 8. The number of urea groups is 1. The molecule has 0 bridgehead atoms. The molecule has 4 amide bonds. The lowest BCUT2D eigenvalue weighted by Crippen LogP contribution is -2.36. The molecule has 114 valence electrons. The predicted octanol–water partition coefficient (Wildman–Crippen LogP) is -1.22. The molecule has 0 radical (unpaired) electrons. The van der Waals surface area contributed by atoms with E-state index in [1.54, 1.807) is 7.05 Å². The minimum Gasteiger partial charge on any atom is -0.389 e. The summed E-state index contributed by atoms with van der Waals surface area (Å²) in [6, 6.07) is -0.328. The molecule has 1 aliphatic heterocycles. The maximum atomic E-state index is 11.6. The number of amides is 4. The summed E-state index contributed by atoms with van der Waals surface area (Å²) in [5.74, 6) is -0.471. The number of hydrogen-bond acceptors (Lipinski definition) is 5. The highest BCUT2D eigenvalue weighted by molar-refractivity contribution is 6.01. The Hall–Kier alpha value is -1.67. The molecule has 0 aromatic carbocycles. The lowest BCUT2D eigenvalue weighted by Gasteiger charge is -2.14. The van der Waals surface area contributed by atoms with Crippen molar-refractivity contribution in [2.75, 3.05) is 40.4 Å². The second-order valence-corrected chi connectivity index (χ2v) is 4.70. The molecule has 0 aromatic rings. The highest BCUT2D eigenvalue weighted by Crippen LogP contribution is 2.08. The van der Waals surface area contributed by atoms with E-state index in [9.17, 15) is 19.5 Å². The molecule has 1 atom stereocenters. The van der Waals surface area contributed by atoms with Gasteiger partial charge in [-0.25, -0.2) is 4.79 Å². The normalized spacial score (nSPS) is 16.8. The van der Waals surface area contributed by atoms with Gasteiger partial charge in [-0.1, -0.05) is 0 Å². The molecule has 1 fully saturated rings. The molecule has 0 aliphatic carbocycles. The van der Waals surface area contributed by atoms with Crippen molar-refractivity contribution >= 4 is 17.8 Å². The van der Waals surface area contributed by atoms with Gasteiger partial charge < -0.3 is 20.1 Å². The Bertz CT molecular complexity index is 374. The van der Waals surface area contributed by atoms with Crippen molar-refractivity contribution in [1.82, 2.24) is 15.1 Å². The van der Waals surface area contributed by atoms with E-state index in [4.69, 9.17) is 4.74 Å². The summed E-state index contributed by atoms with van der Waals surface area (Å²) in [5, 5.41) is 11.9. The molecule has 8 nitrogen and oxygen atoms in total. The van der Waals surface area contributed by atoms with Gasteiger partial charge in [-0.15, -0.1) is 0 Å². The summed E-state index contributed by atoms with van der Waals surface area (Å²) in [7, 11) is 3.02. The van der Waals surface area contributed by atoms with Crippen molar-refractivity contribution in [2.24, 2.45) is 0 Å². The third-order valence-corrected chi connectivity index (χ3v) is 2.91. The second-order valence-electron chi connectivity index (χ2n) is 4.70. The topological polar surface area (TPSA) is 99.2 Å². The van der Waals surface area contributed by atoms with Gasteiger partial charge in [0.05, 0.1) is 12.7 Å². The number of carbonyl (C=O) groups is 3. The number of nitrogens with one attached hydrogen (secondary N) is 1. The van der Waals surface area contributed by atoms with Gasteiger partial charge in [0.25, 0.3) is 0 Å². The van der Waals surface area contributed by atoms with Crippen molar-refractivity contribution in [3.63, 3.8) is 0 Å². The van der Waals surface area contributed by atoms with Crippen molar-refractivity contribution < 1.29 is 24.2 Å². The quantitative estimate of drug-likeness (QED) is 0.545. The molecule has 8 heteroatoms. The smallest absolute Gasteiger partial charge is 0.326 e. The number of hydrogen-bond donors (Lipinski definition) is 2. The van der Waals surface area contributed by atoms with Crippen LogP contribution in [0.1, 0.15) is 12.8 Å². The number of imide groups is 1. The molecule has 1 rings (SSSR count). The van der Waals surface area contributed by atoms with E-state index >= 15 is 0 Å². The van der Waals surface area contributed by atoms with Crippen LogP contribution >= 0.6 is 0 Å². The van der Waals surface area contributed by atoms with Crippen LogP contribution in [-0.2, 0) is 14.3 Å². The third-order valence-electron chi connectivity index (χ3n) is 2.91. The van der Waals surface area contributed by atoms with E-state index < -0.39 is 6.10 Å². The Morgan fingerprint density at radius 2 is 2.20 bits per heavy atom. The van der Waals surface area contributed by atoms with Gasteiger partial charge in [0, 0.05) is 33.7 Å². The van der Waals surface area contributed by atoms with E-state index in [1.807, 2.05) is 0 Å². The van der Waals surface area contributed by atoms with Gasteiger partial charge in [-0.3, -0.25) is 14.5 Å². The zero-order chi connectivity index (χ0) is 15.1. The van der Waals surface area contributed by atoms with Gasteiger partial charge in [0.15, 0.2) is 0 Å². The third kappa shape index (κ3) is 4.78. The lowest BCUT2D eigenvalue weighted by molar-refractivity contribution is -0.126. The molecule has 1 unspecified atom stereocenters. The Morgan fingerprint density at radius 1 is 1.50 bits per heavy atom. The van der Waals surface area contributed by atoms with Crippen molar-refractivity contribution in [3.8, 4) is 0 Å². The molecule has 0 saturated carbocycles. The average Bonchev–Trinajstić information content (AvgIpc) is 2.63. The van der Waals surface area contributed by atoms with E-state index in [0.717, 1.165) is 4.90 Å². The van der Waals surface area contributed by atoms with Crippen LogP contribution in [0.2, 0.25) is 0 Å². The van der Waals surface area contributed by atoms with Gasteiger partial charge in [0.2, 0.25) is 11.8 Å². The van der Waals surface area contributed by atoms with Gasteiger partial charge >= 0.3 is 6.03 Å². The highest BCUT2D eigenvalue weighted by atomic mass is 16.5. The number of carbonyl (C=O) groups excluding carboxylic acids is 3. The van der Waals surface area contributed by atoms with Gasteiger partial charge in [0.1, 0.15) is 6.54 Å². The first kappa shape index (κ1) is 16.4. The molecule has 2 N–H and O–H groups in total. The molecule has 20 heavy (non-hydrogen) atoms. The molecule has 1 saturated heterocycles. The standard InChI is InChI=1S/C12H21N3O5/c1-14-7-11(18)15(12(14)19)5-3-4-10(17)13-6-9(16)8-20-2/h9,16H,3-8H2,1-2H3,(H,13,17). The summed E-state index contributed by atoms with van der Waals surface area (Å²) < 4.78 is 4.73. The van der Waals surface area contributed by atoms with E-state index in [0.29, 0.717) is 6.42 Å². The largest absolute Gasteiger partial charge is 0.389 e. The Labute approximate surface area is 117 Å². The molecule has 0 spiro atoms. The molecule has 1 aliphatic rings. The first-order valence-corrected chi connectivity index (χ1v) is 6.45. The van der Waals surface area contributed by atoms with Crippen LogP contribution in [0.15, 0.2) is 0 Å². The fourth-order valence-corrected chi connectivity index (χ4v) is 1.86. The number of aliphatic hydroxyl groups is 1. The summed E-state index contributed by atoms with van der Waals surface area (Å²) in [5.41, 5.74) is 0. The van der Waals surface area contributed by atoms with Crippen LogP contribution in [0.4, 0.5) is 4.79 Å². The van der Waals surface area contributed by atoms with Gasteiger partial charge in [-0.05, 0) is 6.42 Å². The van der Waals surface area contributed by atoms with Crippen LogP contribution in [0.25, 0.3) is 0 Å². The zero-order valence-corrected chi connectivity index (χ0v) is 11.8. The first-order valence-electron chi connectivity index (χ1n) is 6.45. The van der Waals surface area contributed by atoms with Crippen LogP contribution in [0, 0.1) is 0 Å². The summed E-state index contributed by atoms with van der Waals surface area (Å²) in [6.45, 7) is 0.602. The molecular formula is C12H21N3O5. The Morgan fingerprint density at radius 3 is 2.75 bits per heavy atom. The van der Waals surface area contributed by atoms with Crippen LogP contribution in [0.5, 0.6) is 0 Å². The summed E-state index contributed by atoms with van der Waals surface area (Å²) >= 11 is 0. The SMILES string of the molecule is COCC(O)CNC(=O)CCCN1C(=O)CN(C)C1=O. The van der Waals surface area contributed by atoms with Crippen molar-refractivity contribution in [3.05, 3.63) is 0 Å². The number of ether oxygens (including phenoxy) is 1. The van der Waals surface area contributed by atoms with Gasteiger partial charge in [-0.2, -0.15) is 0 Å². The van der Waals surface area contributed by atoms with E-state index in [2.05, 4.69) is 5.32 Å². The predicted molar refractivity (Wildman–Crippen MR) is 69.9 cm³/mol. The maximum Gasteiger partial charge on any atom is 0.326 e. The Balaban J connectivity index is 2.19. The fourth-order valence-electron chi connectivity index (χ4n) is 1.86. The van der Waals surface area contributed by atoms with Crippen LogP contribution < -0.4 is 5.32 Å². The molecular weight excluding hydrogens is 266 g/mol. The summed E-state index contributed by atoms with van der Waals surface area (Å²) in [6.07, 6.45) is -0.141. The maximum absolute atomic E-state index is 11.6. The number of aliphatic hydroxyl groups excluding tert-OH is 1. The molecule has 1 heterocycles. The minimum atomic E-state index is -0.737. The van der Waals surface area contributed by atoms with Crippen LogP contribution in [0.3, 0.4) is 0 Å². The zero-order valence-electron chi connectivity index (χ0n) is 11.8. The second kappa shape index (κ2) is 7.81. The summed E-state index contributed by atoms with van der Waals surface area (Å²) in [4.78, 5) is 37.0. The number of methoxy groups -OCH3 is 1. The number of likely N-dealkylation sites (N-methyl/N-ethyl adjacent to an activating group) is 1. The highest BCUT2D eigenvalue weighted by Gasteiger charge is 2.32. The fraction of sp³-hybridized carbons (Fsp3) is 0.750. The number of nitrogens with zero attached hydrogens (tertiary/aromatic N) is 2. The average molecular weight is 287 g/mol. The first-order chi connectivity index (χ1) is 9.45. The van der Waals surface area contributed by atoms with Crippen LogP contribution in [-0.4, -0.2) is 79.3 Å². The Kier molecular flexibility index (Phi) is 6.40. The minimum absolute atomic E-state index is 0.0915. The van der Waals surface area contributed by atoms with E-state index in [-0.39, 0.29) is 50.5 Å². The lowest BCUT2D eigenvalue weighted by atomic mass is 10.2. The van der Waals surface area contributed by atoms with Crippen molar-refractivity contribution in [1.29, 1.82) is 0 Å².